The van der Waals surface area contributed by atoms with Gasteiger partial charge in [-0.3, -0.25) is 14.5 Å². The molecule has 1 saturated heterocycles. The van der Waals surface area contributed by atoms with Gasteiger partial charge in [-0.15, -0.1) is 0 Å². The average molecular weight is 468 g/mol. The van der Waals surface area contributed by atoms with Crippen LogP contribution in [0.1, 0.15) is 17.2 Å². The zero-order valence-corrected chi connectivity index (χ0v) is 18.5. The van der Waals surface area contributed by atoms with E-state index < -0.39 is 29.3 Å². The molecule has 0 saturated carbocycles. The lowest BCUT2D eigenvalue weighted by molar-refractivity contribution is -0.132. The van der Waals surface area contributed by atoms with E-state index in [9.17, 15) is 19.1 Å². The molecule has 0 aromatic heterocycles. The zero-order valence-electron chi connectivity index (χ0n) is 17.7. The fourth-order valence-electron chi connectivity index (χ4n) is 3.78. The minimum atomic E-state index is -1.00. The van der Waals surface area contributed by atoms with Crippen molar-refractivity contribution in [3.05, 3.63) is 94.3 Å². The Morgan fingerprint density at radius 2 is 1.73 bits per heavy atom. The van der Waals surface area contributed by atoms with Crippen LogP contribution in [0.5, 0.6) is 11.5 Å². The van der Waals surface area contributed by atoms with Crippen molar-refractivity contribution in [2.75, 3.05) is 19.1 Å². The molecule has 0 aliphatic carbocycles. The van der Waals surface area contributed by atoms with Gasteiger partial charge >= 0.3 is 0 Å². The molecule has 3 aromatic rings. The zero-order chi connectivity index (χ0) is 23.7. The molecule has 1 N–H and O–H groups in total. The molecule has 3 aromatic carbocycles. The Morgan fingerprint density at radius 3 is 2.39 bits per heavy atom. The van der Waals surface area contributed by atoms with Gasteiger partial charge in [0.25, 0.3) is 11.7 Å². The molecule has 1 unspecified atom stereocenters. The summed E-state index contributed by atoms with van der Waals surface area (Å²) in [6.07, 6.45) is 0. The van der Waals surface area contributed by atoms with E-state index in [1.165, 1.54) is 61.6 Å². The highest BCUT2D eigenvalue weighted by molar-refractivity contribution is 6.51. The molecule has 168 valence electrons. The van der Waals surface area contributed by atoms with Crippen molar-refractivity contribution in [1.82, 2.24) is 0 Å². The standard InChI is InChI=1S/C25H19ClFNO5/c1-32-18-5-3-4-17(13-18)28-22(14-6-9-16(27)10-7-14)21(24(30)25(28)31)23(29)15-8-11-19(26)20(12-15)33-2/h3-13,22,29H,1-2H3/b23-21+. The summed E-state index contributed by atoms with van der Waals surface area (Å²) in [5.41, 5.74) is 0.935. The number of methoxy groups -OCH3 is 2. The number of carbonyl (C=O) groups is 2. The molecule has 4 rings (SSSR count). The Kier molecular flexibility index (Phi) is 6.07. The predicted octanol–water partition coefficient (Wildman–Crippen LogP) is 5.12. The first-order valence-electron chi connectivity index (χ1n) is 9.90. The molecule has 6 nitrogen and oxygen atoms in total. The van der Waals surface area contributed by atoms with Gasteiger partial charge in [0, 0.05) is 17.3 Å². The predicted molar refractivity (Wildman–Crippen MR) is 122 cm³/mol. The molecule has 0 radical (unpaired) electrons. The molecule has 0 spiro atoms. The number of carbonyl (C=O) groups excluding carboxylic acids is 2. The van der Waals surface area contributed by atoms with Crippen LogP contribution in [0.15, 0.2) is 72.3 Å². The first-order chi connectivity index (χ1) is 15.8. The van der Waals surface area contributed by atoms with E-state index in [0.29, 0.717) is 27.8 Å². The maximum Gasteiger partial charge on any atom is 0.300 e. The van der Waals surface area contributed by atoms with Gasteiger partial charge in [-0.2, -0.15) is 0 Å². The molecule has 0 bridgehead atoms. The molecule has 1 aliphatic heterocycles. The van der Waals surface area contributed by atoms with Crippen molar-refractivity contribution in [3.63, 3.8) is 0 Å². The Labute approximate surface area is 194 Å². The fourth-order valence-corrected chi connectivity index (χ4v) is 3.98. The van der Waals surface area contributed by atoms with Crippen molar-refractivity contribution in [2.24, 2.45) is 0 Å². The highest BCUT2D eigenvalue weighted by Crippen LogP contribution is 2.43. The van der Waals surface area contributed by atoms with Gasteiger partial charge in [0.15, 0.2) is 0 Å². The van der Waals surface area contributed by atoms with Crippen molar-refractivity contribution in [1.29, 1.82) is 0 Å². The lowest BCUT2D eigenvalue weighted by Gasteiger charge is -2.25. The van der Waals surface area contributed by atoms with Gasteiger partial charge in [0.2, 0.25) is 0 Å². The monoisotopic (exact) mass is 467 g/mol. The normalized spacial score (nSPS) is 17.3. The molecular weight excluding hydrogens is 449 g/mol. The SMILES string of the molecule is COc1cccc(N2C(=O)C(=O)/C(=C(/O)c3ccc(Cl)c(OC)c3)C2c2ccc(F)cc2)c1. The Morgan fingerprint density at radius 1 is 1.00 bits per heavy atom. The number of benzene rings is 3. The van der Waals surface area contributed by atoms with E-state index in [0.717, 1.165) is 0 Å². The number of aliphatic hydroxyl groups excluding tert-OH is 1. The third-order valence-corrected chi connectivity index (χ3v) is 5.70. The van der Waals surface area contributed by atoms with Crippen LogP contribution in [0.4, 0.5) is 10.1 Å². The smallest absolute Gasteiger partial charge is 0.300 e. The Balaban J connectivity index is 1.95. The summed E-state index contributed by atoms with van der Waals surface area (Å²) in [5, 5.41) is 11.5. The number of rotatable bonds is 5. The van der Waals surface area contributed by atoms with Crippen molar-refractivity contribution in [2.45, 2.75) is 6.04 Å². The Bertz CT molecular complexity index is 1270. The number of ether oxygens (including phenoxy) is 2. The van der Waals surface area contributed by atoms with E-state index in [1.54, 1.807) is 24.3 Å². The summed E-state index contributed by atoms with van der Waals surface area (Å²) in [5.74, 6) is -1.81. The summed E-state index contributed by atoms with van der Waals surface area (Å²) < 4.78 is 24.1. The minimum absolute atomic E-state index is 0.140. The number of halogens is 2. The number of hydrogen-bond acceptors (Lipinski definition) is 5. The van der Waals surface area contributed by atoms with Crippen LogP contribution in [0, 0.1) is 5.82 Å². The van der Waals surface area contributed by atoms with Crippen LogP contribution < -0.4 is 14.4 Å². The van der Waals surface area contributed by atoms with E-state index in [4.69, 9.17) is 21.1 Å². The number of aliphatic hydroxyl groups is 1. The molecule has 33 heavy (non-hydrogen) atoms. The molecule has 1 atom stereocenters. The average Bonchev–Trinajstić information content (AvgIpc) is 3.09. The fraction of sp³-hybridized carbons (Fsp3) is 0.120. The molecule has 1 amide bonds. The lowest BCUT2D eigenvalue weighted by atomic mass is 9.95. The van der Waals surface area contributed by atoms with Gasteiger partial charge in [0.05, 0.1) is 30.9 Å². The van der Waals surface area contributed by atoms with Gasteiger partial charge in [-0.05, 0) is 48.0 Å². The molecule has 1 aliphatic rings. The minimum Gasteiger partial charge on any atom is -0.507 e. The van der Waals surface area contributed by atoms with E-state index >= 15 is 0 Å². The highest BCUT2D eigenvalue weighted by atomic mass is 35.5. The summed E-state index contributed by atoms with van der Waals surface area (Å²) in [6.45, 7) is 0. The van der Waals surface area contributed by atoms with Crippen LogP contribution in [0.25, 0.3) is 5.76 Å². The Hall–Kier alpha value is -3.84. The van der Waals surface area contributed by atoms with E-state index in [2.05, 4.69) is 0 Å². The summed E-state index contributed by atoms with van der Waals surface area (Å²) >= 11 is 6.08. The number of nitrogens with zero attached hydrogens (tertiary/aromatic N) is 1. The molecular formula is C25H19ClFNO5. The van der Waals surface area contributed by atoms with Crippen molar-refractivity contribution < 1.29 is 28.6 Å². The number of ketones is 1. The maximum atomic E-state index is 13.6. The van der Waals surface area contributed by atoms with Crippen LogP contribution >= 0.6 is 11.6 Å². The van der Waals surface area contributed by atoms with Crippen LogP contribution in [-0.2, 0) is 9.59 Å². The third kappa shape index (κ3) is 4.03. The van der Waals surface area contributed by atoms with E-state index in [-0.39, 0.29) is 11.1 Å². The number of hydrogen-bond donors (Lipinski definition) is 1. The second-order valence-corrected chi connectivity index (χ2v) is 7.68. The number of amides is 1. The van der Waals surface area contributed by atoms with Gasteiger partial charge in [0.1, 0.15) is 23.1 Å². The van der Waals surface area contributed by atoms with Crippen molar-refractivity contribution >= 4 is 34.7 Å². The van der Waals surface area contributed by atoms with Crippen LogP contribution in [0.2, 0.25) is 5.02 Å². The van der Waals surface area contributed by atoms with E-state index in [1.807, 2.05) is 0 Å². The van der Waals surface area contributed by atoms with Gasteiger partial charge in [-0.1, -0.05) is 29.8 Å². The second-order valence-electron chi connectivity index (χ2n) is 7.27. The molecule has 1 heterocycles. The topological polar surface area (TPSA) is 76.1 Å². The first kappa shape index (κ1) is 22.4. The highest BCUT2D eigenvalue weighted by Gasteiger charge is 2.47. The molecule has 8 heteroatoms. The van der Waals surface area contributed by atoms with Crippen LogP contribution in [0.3, 0.4) is 0 Å². The lowest BCUT2D eigenvalue weighted by Crippen LogP contribution is -2.29. The molecule has 1 fully saturated rings. The maximum absolute atomic E-state index is 13.6. The quantitative estimate of drug-likeness (QED) is 0.320. The third-order valence-electron chi connectivity index (χ3n) is 5.39. The number of anilines is 1. The largest absolute Gasteiger partial charge is 0.507 e. The second kappa shape index (κ2) is 8.96. The number of Topliss-reactive ketones (excluding diaryl/α,β-unsaturated/α-hetero) is 1. The van der Waals surface area contributed by atoms with Gasteiger partial charge in [-0.25, -0.2) is 4.39 Å². The summed E-state index contributed by atoms with van der Waals surface area (Å²) in [4.78, 5) is 27.6. The summed E-state index contributed by atoms with van der Waals surface area (Å²) in [7, 11) is 2.91. The van der Waals surface area contributed by atoms with Crippen molar-refractivity contribution in [3.8, 4) is 11.5 Å². The first-order valence-corrected chi connectivity index (χ1v) is 10.3. The van der Waals surface area contributed by atoms with Gasteiger partial charge < -0.3 is 14.6 Å². The van der Waals surface area contributed by atoms with Crippen LogP contribution in [-0.4, -0.2) is 31.0 Å². The summed E-state index contributed by atoms with van der Waals surface area (Å²) in [6, 6.07) is 15.5.